The van der Waals surface area contributed by atoms with Crippen molar-refractivity contribution in [1.82, 2.24) is 14.7 Å². The maximum Gasteiger partial charge on any atom is 0.274 e. The van der Waals surface area contributed by atoms with Crippen molar-refractivity contribution >= 4 is 5.91 Å². The lowest BCUT2D eigenvalue weighted by Crippen LogP contribution is -2.44. The quantitative estimate of drug-likeness (QED) is 0.839. The van der Waals surface area contributed by atoms with Gasteiger partial charge in [0.2, 0.25) is 0 Å². The molecule has 1 aromatic rings. The first-order chi connectivity index (χ1) is 11.1. The fourth-order valence-corrected chi connectivity index (χ4v) is 3.57. The molecule has 0 radical (unpaired) electrons. The van der Waals surface area contributed by atoms with Crippen LogP contribution in [0, 0.1) is 5.92 Å². The molecule has 0 unspecified atom stereocenters. The summed E-state index contributed by atoms with van der Waals surface area (Å²) < 4.78 is 1.42. The van der Waals surface area contributed by atoms with Gasteiger partial charge in [-0.3, -0.25) is 9.59 Å². The van der Waals surface area contributed by atoms with Gasteiger partial charge >= 0.3 is 0 Å². The maximum atomic E-state index is 13.0. The molecule has 1 amide bonds. The largest absolute Gasteiger partial charge is 0.331 e. The number of hydrogen-bond acceptors (Lipinski definition) is 3. The van der Waals surface area contributed by atoms with E-state index in [0.29, 0.717) is 24.3 Å². The van der Waals surface area contributed by atoms with Gasteiger partial charge in [0.25, 0.3) is 11.5 Å². The number of amides is 1. The summed E-state index contributed by atoms with van der Waals surface area (Å²) in [6, 6.07) is 3.80. The van der Waals surface area contributed by atoms with Crippen molar-refractivity contribution in [2.45, 2.75) is 77.4 Å². The van der Waals surface area contributed by atoms with Crippen LogP contribution in [0.5, 0.6) is 0 Å². The summed E-state index contributed by atoms with van der Waals surface area (Å²) in [6.07, 6.45) is 7.63. The number of hydrogen-bond donors (Lipinski definition) is 0. The second-order valence-corrected chi connectivity index (χ2v) is 7.14. The molecule has 0 spiro atoms. The van der Waals surface area contributed by atoms with Crippen molar-refractivity contribution in [2.24, 2.45) is 5.92 Å². The third-order valence-electron chi connectivity index (χ3n) is 5.07. The van der Waals surface area contributed by atoms with Gasteiger partial charge in [0.05, 0.1) is 0 Å². The fraction of sp³-hybridized carbons (Fsp3) is 0.722. The van der Waals surface area contributed by atoms with Gasteiger partial charge in [-0.15, -0.1) is 0 Å². The number of aryl methyl sites for hydroxylation is 1. The molecule has 5 heteroatoms. The Balaban J connectivity index is 1.81. The van der Waals surface area contributed by atoms with Crippen LogP contribution in [0.2, 0.25) is 0 Å². The van der Waals surface area contributed by atoms with Gasteiger partial charge in [-0.25, -0.2) is 4.68 Å². The number of aromatic nitrogens is 2. The molecule has 2 aliphatic rings. The van der Waals surface area contributed by atoms with Crippen LogP contribution in [0.25, 0.3) is 0 Å². The van der Waals surface area contributed by atoms with Crippen molar-refractivity contribution in [3.8, 4) is 0 Å². The zero-order valence-corrected chi connectivity index (χ0v) is 14.2. The lowest BCUT2D eigenvalue weighted by atomic mass is 9.86. The van der Waals surface area contributed by atoms with Gasteiger partial charge in [-0.1, -0.05) is 13.8 Å². The minimum atomic E-state index is -0.132. The normalized spacial score (nSPS) is 24.4. The highest BCUT2D eigenvalue weighted by atomic mass is 16.2. The first-order valence-electron chi connectivity index (χ1n) is 9.01. The average Bonchev–Trinajstić information content (AvgIpc) is 3.36. The molecule has 5 nitrogen and oxygen atoms in total. The van der Waals surface area contributed by atoms with Crippen LogP contribution in [0.3, 0.4) is 0 Å². The zero-order chi connectivity index (χ0) is 16.4. The summed E-state index contributed by atoms with van der Waals surface area (Å²) in [7, 11) is 0. The minimum Gasteiger partial charge on any atom is -0.331 e. The number of rotatable bonds is 5. The molecule has 3 rings (SSSR count). The monoisotopic (exact) mass is 317 g/mol. The van der Waals surface area contributed by atoms with E-state index in [1.807, 2.05) is 6.92 Å². The topological polar surface area (TPSA) is 55.2 Å². The van der Waals surface area contributed by atoms with E-state index in [-0.39, 0.29) is 11.5 Å². The van der Waals surface area contributed by atoms with Crippen LogP contribution in [-0.2, 0) is 6.54 Å². The summed E-state index contributed by atoms with van der Waals surface area (Å²) >= 11 is 0. The lowest BCUT2D eigenvalue weighted by Gasteiger charge is -2.36. The smallest absolute Gasteiger partial charge is 0.274 e. The van der Waals surface area contributed by atoms with Crippen LogP contribution in [0.4, 0.5) is 0 Å². The number of carbonyl (C=O) groups excluding carboxylic acids is 1. The third kappa shape index (κ3) is 3.65. The van der Waals surface area contributed by atoms with E-state index in [2.05, 4.69) is 16.9 Å². The summed E-state index contributed by atoms with van der Waals surface area (Å²) in [6.45, 7) is 4.86. The van der Waals surface area contributed by atoms with Crippen LogP contribution in [-0.4, -0.2) is 32.7 Å². The van der Waals surface area contributed by atoms with Crippen molar-refractivity contribution in [3.63, 3.8) is 0 Å². The van der Waals surface area contributed by atoms with Crippen molar-refractivity contribution in [2.75, 3.05) is 0 Å². The van der Waals surface area contributed by atoms with Gasteiger partial charge in [0, 0.05) is 24.7 Å². The number of carbonyl (C=O) groups is 1. The fourth-order valence-electron chi connectivity index (χ4n) is 3.57. The Labute approximate surface area is 137 Å². The van der Waals surface area contributed by atoms with Gasteiger partial charge in [0.15, 0.2) is 0 Å². The van der Waals surface area contributed by atoms with E-state index in [4.69, 9.17) is 0 Å². The molecule has 1 heterocycles. The summed E-state index contributed by atoms with van der Waals surface area (Å²) in [4.78, 5) is 26.9. The second-order valence-electron chi connectivity index (χ2n) is 7.14. The number of nitrogens with zero attached hydrogens (tertiary/aromatic N) is 3. The predicted octanol–water partition coefficient (Wildman–Crippen LogP) is 2.84. The van der Waals surface area contributed by atoms with E-state index >= 15 is 0 Å². The first kappa shape index (κ1) is 16.2. The molecule has 2 saturated carbocycles. The Morgan fingerprint density at radius 1 is 1.17 bits per heavy atom. The SMILES string of the molecule is CCCn1nc(C(=O)N(C2CCC(C)CC2)C2CC2)ccc1=O. The highest BCUT2D eigenvalue weighted by Gasteiger charge is 2.39. The first-order valence-corrected chi connectivity index (χ1v) is 9.01. The Bertz CT molecular complexity index is 613. The van der Waals surface area contributed by atoms with Crippen LogP contribution < -0.4 is 5.56 Å². The molecule has 0 aliphatic heterocycles. The lowest BCUT2D eigenvalue weighted by molar-refractivity contribution is 0.0584. The summed E-state index contributed by atoms with van der Waals surface area (Å²) in [5, 5.41) is 4.32. The Kier molecular flexibility index (Phi) is 4.83. The molecular formula is C18H27N3O2. The van der Waals surface area contributed by atoms with E-state index in [1.54, 1.807) is 6.07 Å². The summed E-state index contributed by atoms with van der Waals surface area (Å²) in [5.41, 5.74) is 0.288. The van der Waals surface area contributed by atoms with Gasteiger partial charge in [0.1, 0.15) is 5.69 Å². The van der Waals surface area contributed by atoms with E-state index < -0.39 is 0 Å². The van der Waals surface area contributed by atoms with Crippen molar-refractivity contribution in [3.05, 3.63) is 28.2 Å². The van der Waals surface area contributed by atoms with Crippen LogP contribution in [0.1, 0.15) is 69.3 Å². The highest BCUT2D eigenvalue weighted by molar-refractivity contribution is 5.92. The molecule has 1 aromatic heterocycles. The van der Waals surface area contributed by atoms with Crippen molar-refractivity contribution < 1.29 is 4.79 Å². The highest BCUT2D eigenvalue weighted by Crippen LogP contribution is 2.35. The molecule has 0 aromatic carbocycles. The Hall–Kier alpha value is -1.65. The van der Waals surface area contributed by atoms with E-state index in [9.17, 15) is 9.59 Å². The van der Waals surface area contributed by atoms with Crippen LogP contribution in [0.15, 0.2) is 16.9 Å². The van der Waals surface area contributed by atoms with Crippen molar-refractivity contribution in [1.29, 1.82) is 0 Å². The molecule has 23 heavy (non-hydrogen) atoms. The minimum absolute atomic E-state index is 0.0110. The molecule has 126 valence electrons. The Morgan fingerprint density at radius 2 is 1.78 bits per heavy atom. The van der Waals surface area contributed by atoms with Crippen LogP contribution >= 0.6 is 0 Å². The molecule has 0 atom stereocenters. The standard InChI is InChI=1S/C18H27N3O2/c1-3-12-20-17(22)11-10-16(19-20)18(23)21(15-8-9-15)14-6-4-13(2)5-7-14/h10-11,13-15H,3-9,12H2,1-2H3. The van der Waals surface area contributed by atoms with Gasteiger partial charge in [-0.05, 0) is 56.9 Å². The van der Waals surface area contributed by atoms with Gasteiger partial charge < -0.3 is 4.90 Å². The molecule has 0 saturated heterocycles. The second kappa shape index (κ2) is 6.85. The predicted molar refractivity (Wildman–Crippen MR) is 89.4 cm³/mol. The summed E-state index contributed by atoms with van der Waals surface area (Å²) in [5.74, 6) is 0.781. The Morgan fingerprint density at radius 3 is 2.35 bits per heavy atom. The molecule has 0 N–H and O–H groups in total. The maximum absolute atomic E-state index is 13.0. The zero-order valence-electron chi connectivity index (χ0n) is 14.2. The third-order valence-corrected chi connectivity index (χ3v) is 5.07. The van der Waals surface area contributed by atoms with Gasteiger partial charge in [-0.2, -0.15) is 5.10 Å². The molecular weight excluding hydrogens is 290 g/mol. The van der Waals surface area contributed by atoms with E-state index in [1.165, 1.54) is 23.6 Å². The molecule has 2 fully saturated rings. The molecule has 2 aliphatic carbocycles. The molecule has 0 bridgehead atoms. The average molecular weight is 317 g/mol. The van der Waals surface area contributed by atoms with E-state index in [0.717, 1.165) is 38.0 Å².